The number of thiophene rings is 1. The van der Waals surface area contributed by atoms with E-state index in [0.29, 0.717) is 81.5 Å². The number of pyridine rings is 1. The van der Waals surface area contributed by atoms with E-state index in [1.165, 1.54) is 10.6 Å². The van der Waals surface area contributed by atoms with Gasteiger partial charge < -0.3 is 20.3 Å². The van der Waals surface area contributed by atoms with E-state index in [9.17, 15) is 13.2 Å². The highest BCUT2D eigenvalue weighted by Gasteiger charge is 2.24. The predicted molar refractivity (Wildman–Crippen MR) is 170 cm³/mol. The summed E-state index contributed by atoms with van der Waals surface area (Å²) in [5.41, 5.74) is 2.07. The monoisotopic (exact) mass is 635 g/mol. The largest absolute Gasteiger partial charge is 0.378 e. The Morgan fingerprint density at radius 3 is 2.18 bits per heavy atom. The summed E-state index contributed by atoms with van der Waals surface area (Å²) < 4.78 is 30.8. The van der Waals surface area contributed by atoms with Crippen molar-refractivity contribution in [3.8, 4) is 22.1 Å². The number of aromatic nitrogens is 4. The van der Waals surface area contributed by atoms with Crippen molar-refractivity contribution in [2.24, 2.45) is 0 Å². The summed E-state index contributed by atoms with van der Waals surface area (Å²) in [7, 11) is -3.16. The molecule has 0 unspecified atom stereocenters. The molecule has 0 aliphatic carbocycles. The normalized spacial score (nSPS) is 16.5. The highest BCUT2D eigenvalue weighted by atomic mass is 32.2. The van der Waals surface area contributed by atoms with Gasteiger partial charge in [0.05, 0.1) is 24.3 Å². The number of carbonyl (C=O) groups is 1. The molecule has 1 aromatic carbocycles. The quantitative estimate of drug-likeness (QED) is 0.296. The van der Waals surface area contributed by atoms with Gasteiger partial charge in [0.1, 0.15) is 0 Å². The average molecular weight is 636 g/mol. The molecule has 0 spiro atoms. The lowest BCUT2D eigenvalue weighted by atomic mass is 10.2. The van der Waals surface area contributed by atoms with Crippen molar-refractivity contribution in [1.29, 1.82) is 0 Å². The zero-order chi connectivity index (χ0) is 30.5. The van der Waals surface area contributed by atoms with Gasteiger partial charge in [-0.2, -0.15) is 14.3 Å². The van der Waals surface area contributed by atoms with Gasteiger partial charge in [0.15, 0.2) is 11.6 Å². The molecule has 2 aliphatic heterocycles. The van der Waals surface area contributed by atoms with Crippen LogP contribution in [0.25, 0.3) is 22.1 Å². The summed E-state index contributed by atoms with van der Waals surface area (Å²) in [6.45, 7) is 5.70. The van der Waals surface area contributed by atoms with E-state index in [0.717, 1.165) is 21.9 Å². The van der Waals surface area contributed by atoms with Gasteiger partial charge in [0.25, 0.3) is 0 Å². The number of amides is 2. The maximum atomic E-state index is 12.4. The van der Waals surface area contributed by atoms with Gasteiger partial charge in [0.2, 0.25) is 16.0 Å². The number of sulfonamides is 1. The first-order valence-electron chi connectivity index (χ1n) is 14.2. The summed E-state index contributed by atoms with van der Waals surface area (Å²) in [6.07, 6.45) is 4.48. The fourth-order valence-corrected chi connectivity index (χ4v) is 6.77. The van der Waals surface area contributed by atoms with Crippen molar-refractivity contribution in [1.82, 2.24) is 29.1 Å². The third kappa shape index (κ3) is 7.54. The minimum absolute atomic E-state index is 0.355. The number of ether oxygens (including phenoxy) is 1. The van der Waals surface area contributed by atoms with E-state index in [2.05, 4.69) is 31.5 Å². The predicted octanol–water partition coefficient (Wildman–Crippen LogP) is 3.22. The van der Waals surface area contributed by atoms with Crippen LogP contribution in [0.5, 0.6) is 0 Å². The molecular weight excluding hydrogens is 603 g/mol. The summed E-state index contributed by atoms with van der Waals surface area (Å²) in [6, 6.07) is 14.6. The molecule has 2 amide bonds. The lowest BCUT2D eigenvalue weighted by Gasteiger charge is -2.32. The maximum Gasteiger partial charge on any atom is 0.323 e. The number of carbonyl (C=O) groups excluding carboxylic acids is 1. The Morgan fingerprint density at radius 2 is 1.50 bits per heavy atom. The van der Waals surface area contributed by atoms with Crippen LogP contribution in [-0.4, -0.2) is 102 Å². The Kier molecular flexibility index (Phi) is 9.09. The number of piperazine rings is 1. The van der Waals surface area contributed by atoms with Crippen molar-refractivity contribution < 1.29 is 17.9 Å². The summed E-state index contributed by atoms with van der Waals surface area (Å²) in [5, 5.41) is 5.61. The second-order valence-electron chi connectivity index (χ2n) is 10.5. The number of morpholine rings is 1. The summed E-state index contributed by atoms with van der Waals surface area (Å²) in [5.74, 6) is 1.73. The fraction of sp³-hybridized carbons (Fsp3) is 0.345. The Morgan fingerprint density at radius 1 is 0.841 bits per heavy atom. The number of hydrogen-bond donors (Lipinski definition) is 2. The smallest absolute Gasteiger partial charge is 0.323 e. The number of urea groups is 1. The molecular formula is C29H33N9O4S2. The van der Waals surface area contributed by atoms with Crippen molar-refractivity contribution in [2.45, 2.75) is 6.54 Å². The van der Waals surface area contributed by atoms with Crippen molar-refractivity contribution in [3.63, 3.8) is 0 Å². The second kappa shape index (κ2) is 13.3. The van der Waals surface area contributed by atoms with E-state index in [4.69, 9.17) is 19.7 Å². The van der Waals surface area contributed by atoms with Gasteiger partial charge >= 0.3 is 6.03 Å². The van der Waals surface area contributed by atoms with Crippen LogP contribution < -0.4 is 15.5 Å². The lowest BCUT2D eigenvalue weighted by molar-refractivity contribution is 0.122. The number of hydrogen-bond acceptors (Lipinski definition) is 11. The van der Waals surface area contributed by atoms with Crippen molar-refractivity contribution in [2.75, 3.05) is 74.3 Å². The van der Waals surface area contributed by atoms with E-state index < -0.39 is 10.0 Å². The molecule has 0 bridgehead atoms. The van der Waals surface area contributed by atoms with E-state index in [1.807, 2.05) is 30.3 Å². The Balaban J connectivity index is 1.19. The summed E-state index contributed by atoms with van der Waals surface area (Å²) in [4.78, 5) is 37.3. The highest BCUT2D eigenvalue weighted by molar-refractivity contribution is 7.88. The van der Waals surface area contributed by atoms with Crippen molar-refractivity contribution >= 4 is 44.7 Å². The molecule has 0 saturated carbocycles. The molecule has 6 rings (SSSR count). The molecule has 2 fully saturated rings. The van der Waals surface area contributed by atoms with Crippen LogP contribution in [-0.2, 0) is 21.3 Å². The lowest BCUT2D eigenvalue weighted by Crippen LogP contribution is -2.47. The third-order valence-electron chi connectivity index (χ3n) is 7.32. The van der Waals surface area contributed by atoms with E-state index >= 15 is 0 Å². The van der Waals surface area contributed by atoms with E-state index in [-0.39, 0.29) is 6.03 Å². The molecule has 44 heavy (non-hydrogen) atoms. The maximum absolute atomic E-state index is 12.4. The van der Waals surface area contributed by atoms with Gasteiger partial charge in [-0.05, 0) is 48.5 Å². The van der Waals surface area contributed by atoms with Gasteiger partial charge in [0, 0.05) is 80.0 Å². The van der Waals surface area contributed by atoms with E-state index in [1.54, 1.807) is 35.9 Å². The molecule has 0 radical (unpaired) electrons. The molecule has 5 heterocycles. The zero-order valence-corrected chi connectivity index (χ0v) is 25.9. The first-order valence-corrected chi connectivity index (χ1v) is 16.9. The molecule has 15 heteroatoms. The van der Waals surface area contributed by atoms with Crippen LogP contribution in [0.4, 0.5) is 22.1 Å². The van der Waals surface area contributed by atoms with Crippen LogP contribution in [0.1, 0.15) is 4.88 Å². The third-order valence-corrected chi connectivity index (χ3v) is 9.69. The number of anilines is 3. The van der Waals surface area contributed by atoms with Gasteiger partial charge in [-0.1, -0.05) is 0 Å². The molecule has 2 N–H and O–H groups in total. The highest BCUT2D eigenvalue weighted by Crippen LogP contribution is 2.30. The first kappa shape index (κ1) is 30.0. The first-order chi connectivity index (χ1) is 21.3. The number of nitrogens with one attached hydrogen (secondary N) is 2. The fourth-order valence-electron chi connectivity index (χ4n) is 4.96. The molecule has 0 atom stereocenters. The molecule has 2 saturated heterocycles. The number of benzene rings is 1. The second-order valence-corrected chi connectivity index (χ2v) is 13.6. The molecule has 3 aromatic heterocycles. The molecule has 4 aromatic rings. The molecule has 230 valence electrons. The Bertz CT molecular complexity index is 1690. The number of nitrogens with zero attached hydrogens (tertiary/aromatic N) is 7. The summed E-state index contributed by atoms with van der Waals surface area (Å²) >= 11 is 1.63. The van der Waals surface area contributed by atoms with Gasteiger partial charge in [-0.15, -0.1) is 11.3 Å². The average Bonchev–Trinajstić information content (AvgIpc) is 3.50. The van der Waals surface area contributed by atoms with Gasteiger partial charge in [-0.3, -0.25) is 9.88 Å². The SMILES string of the molecule is CS(=O)(=O)N1CCN(Cc2ccc(-c3nc(-c4ccc(NC(=O)Nc5ccncc5)cc4)nc(N4CCOCC4)n3)s2)CC1. The Hall–Kier alpha value is -4.02. The number of rotatable bonds is 8. The van der Waals surface area contributed by atoms with Crippen molar-refractivity contribution in [3.05, 3.63) is 65.8 Å². The van der Waals surface area contributed by atoms with Crippen LogP contribution in [0.3, 0.4) is 0 Å². The van der Waals surface area contributed by atoms with Crippen LogP contribution in [0.2, 0.25) is 0 Å². The molecule has 13 nitrogen and oxygen atoms in total. The zero-order valence-electron chi connectivity index (χ0n) is 24.2. The van der Waals surface area contributed by atoms with Gasteiger partial charge in [-0.25, -0.2) is 18.2 Å². The Labute approximate surface area is 260 Å². The van der Waals surface area contributed by atoms with Crippen LogP contribution in [0, 0.1) is 0 Å². The minimum Gasteiger partial charge on any atom is -0.378 e. The van der Waals surface area contributed by atoms with Crippen LogP contribution >= 0.6 is 11.3 Å². The van der Waals surface area contributed by atoms with Crippen LogP contribution in [0.15, 0.2) is 60.9 Å². The standard InChI is InChI=1S/C29H33N9O4S2/c1-44(40,41)38-14-12-36(13-15-38)20-24-6-7-25(43-24)27-33-26(34-28(35-27)37-16-18-42-19-17-37)21-2-4-22(5-3-21)31-29(39)32-23-8-10-30-11-9-23/h2-11H,12-20H2,1H3,(H2,30,31,32,39). The minimum atomic E-state index is -3.16. The topological polar surface area (TPSA) is 146 Å². The molecule has 2 aliphatic rings.